The van der Waals surface area contributed by atoms with E-state index in [4.69, 9.17) is 5.73 Å². The van der Waals surface area contributed by atoms with Gasteiger partial charge in [-0.25, -0.2) is 36.5 Å². The second kappa shape index (κ2) is 8.57. The molecule has 0 radical (unpaired) electrons. The Morgan fingerprint density at radius 2 is 2.00 bits per heavy atom. The zero-order valence-corrected chi connectivity index (χ0v) is 18.1. The maximum atomic E-state index is 14.6. The Labute approximate surface area is 185 Å². The summed E-state index contributed by atoms with van der Waals surface area (Å²) < 4.78 is 95.6. The summed E-state index contributed by atoms with van der Waals surface area (Å²) in [6.45, 7) is -0.188. The van der Waals surface area contributed by atoms with Crippen molar-refractivity contribution in [2.45, 2.75) is 18.6 Å². The van der Waals surface area contributed by atoms with Gasteiger partial charge in [-0.05, 0) is 30.7 Å². The van der Waals surface area contributed by atoms with E-state index in [9.17, 15) is 30.4 Å². The number of benzene rings is 1. The molecule has 33 heavy (non-hydrogen) atoms. The molecule has 1 aliphatic heterocycles. The minimum absolute atomic E-state index is 0.120. The van der Waals surface area contributed by atoms with Gasteiger partial charge in [-0.15, -0.1) is 0 Å². The maximum Gasteiger partial charge on any atom is 0.422 e. The smallest absolute Gasteiger partial charge is 0.422 e. The van der Waals surface area contributed by atoms with Crippen LogP contribution >= 0.6 is 0 Å². The molecule has 2 heterocycles. The van der Waals surface area contributed by atoms with Gasteiger partial charge < -0.3 is 10.5 Å². The van der Waals surface area contributed by atoms with Gasteiger partial charge in [-0.2, -0.15) is 13.2 Å². The summed E-state index contributed by atoms with van der Waals surface area (Å²) in [5, 5.41) is 0. The van der Waals surface area contributed by atoms with Crippen molar-refractivity contribution in [3.8, 4) is 5.88 Å². The Balaban J connectivity index is 1.89. The van der Waals surface area contributed by atoms with E-state index in [1.807, 2.05) is 0 Å². The van der Waals surface area contributed by atoms with E-state index < -0.39 is 51.6 Å². The van der Waals surface area contributed by atoms with Crippen LogP contribution in [0.2, 0.25) is 0 Å². The van der Waals surface area contributed by atoms with Crippen molar-refractivity contribution >= 4 is 27.9 Å². The number of aromatic nitrogens is 2. The van der Waals surface area contributed by atoms with Crippen LogP contribution in [0.25, 0.3) is 11.9 Å². The van der Waals surface area contributed by atoms with Gasteiger partial charge in [0, 0.05) is 12.6 Å². The van der Waals surface area contributed by atoms with Crippen molar-refractivity contribution in [1.82, 2.24) is 14.3 Å². The summed E-state index contributed by atoms with van der Waals surface area (Å²) in [5.74, 6) is -3.02. The molecule has 3 rings (SSSR count). The molecule has 178 valence electrons. The van der Waals surface area contributed by atoms with E-state index >= 15 is 0 Å². The Morgan fingerprint density at radius 1 is 1.30 bits per heavy atom. The van der Waals surface area contributed by atoms with Crippen molar-refractivity contribution < 1.29 is 35.1 Å². The number of nitrogens with two attached hydrogens (primary N) is 1. The molecular formula is C19H18F5N5O3S. The van der Waals surface area contributed by atoms with Crippen LogP contribution in [-0.2, 0) is 15.6 Å². The van der Waals surface area contributed by atoms with Gasteiger partial charge in [0.05, 0.1) is 18.1 Å². The van der Waals surface area contributed by atoms with Gasteiger partial charge in [0.1, 0.15) is 17.1 Å². The number of sulfonamides is 1. The summed E-state index contributed by atoms with van der Waals surface area (Å²) in [7, 11) is -2.64. The molecule has 1 aromatic heterocycles. The highest BCUT2D eigenvalue weighted by Gasteiger charge is 2.41. The normalized spacial score (nSPS) is 21.0. The second-order valence-electron chi connectivity index (χ2n) is 7.34. The molecule has 2 N–H and O–H groups in total. The first-order valence-electron chi connectivity index (χ1n) is 9.21. The molecule has 0 bridgehead atoms. The fraction of sp³-hybridized carbons (Fsp3) is 0.316. The molecule has 0 unspecified atom stereocenters. The molecule has 1 atom stereocenters. The lowest BCUT2D eigenvalue weighted by molar-refractivity contribution is -0.154. The van der Waals surface area contributed by atoms with Gasteiger partial charge in [-0.1, -0.05) is 6.07 Å². The fourth-order valence-corrected chi connectivity index (χ4v) is 4.47. The summed E-state index contributed by atoms with van der Waals surface area (Å²) in [5.41, 5.74) is 3.84. The molecule has 0 amide bonds. The summed E-state index contributed by atoms with van der Waals surface area (Å²) in [4.78, 5) is 11.3. The van der Waals surface area contributed by atoms with Crippen molar-refractivity contribution in [1.29, 1.82) is 0 Å². The molecule has 0 aliphatic carbocycles. The van der Waals surface area contributed by atoms with Crippen molar-refractivity contribution in [3.63, 3.8) is 0 Å². The first-order chi connectivity index (χ1) is 15.2. The fourth-order valence-electron chi connectivity index (χ4n) is 3.02. The Hall–Kier alpha value is -3.29. The monoisotopic (exact) mass is 491 g/mol. The van der Waals surface area contributed by atoms with Crippen molar-refractivity contribution in [2.75, 3.05) is 19.4 Å². The standard InChI is InChI=1S/C19H18F5N5O3S/c1-18(10-33(30,31)29(2)17(25)28-18)12-5-11(3-4-13(12)20)6-14(21)15-7-27-16(8-26-15)32-9-19(22,23)24/h3-8H,9-10H2,1-2H3,(H2,25,28)/b14-6-/t18-/m0/s1. The molecule has 1 aliphatic rings. The highest BCUT2D eigenvalue weighted by molar-refractivity contribution is 7.89. The lowest BCUT2D eigenvalue weighted by Crippen LogP contribution is -2.50. The van der Waals surface area contributed by atoms with Crippen LogP contribution in [0.1, 0.15) is 23.7 Å². The molecular weight excluding hydrogens is 473 g/mol. The lowest BCUT2D eigenvalue weighted by atomic mass is 9.92. The van der Waals surface area contributed by atoms with Crippen LogP contribution < -0.4 is 10.5 Å². The van der Waals surface area contributed by atoms with E-state index in [1.54, 1.807) is 0 Å². The molecule has 14 heteroatoms. The quantitative estimate of drug-likeness (QED) is 0.644. The lowest BCUT2D eigenvalue weighted by Gasteiger charge is -2.34. The van der Waals surface area contributed by atoms with Gasteiger partial charge in [0.25, 0.3) is 0 Å². The number of hydrogen-bond acceptors (Lipinski definition) is 7. The maximum absolute atomic E-state index is 14.6. The van der Waals surface area contributed by atoms with Gasteiger partial charge in [-0.3, -0.25) is 0 Å². The number of rotatable bonds is 5. The number of alkyl halides is 3. The van der Waals surface area contributed by atoms with E-state index in [0.717, 1.165) is 28.8 Å². The molecule has 0 spiro atoms. The molecule has 0 fully saturated rings. The summed E-state index contributed by atoms with van der Waals surface area (Å²) in [6.07, 6.45) is -1.89. The summed E-state index contributed by atoms with van der Waals surface area (Å²) in [6, 6.07) is 3.49. The third-order valence-corrected chi connectivity index (χ3v) is 6.63. The highest BCUT2D eigenvalue weighted by Crippen LogP contribution is 2.34. The van der Waals surface area contributed by atoms with Crippen LogP contribution in [0.15, 0.2) is 35.6 Å². The first-order valence-corrected chi connectivity index (χ1v) is 10.8. The van der Waals surface area contributed by atoms with Crippen LogP contribution in [0, 0.1) is 5.82 Å². The molecule has 0 saturated heterocycles. The average molecular weight is 491 g/mol. The van der Waals surface area contributed by atoms with E-state index in [1.165, 1.54) is 26.1 Å². The van der Waals surface area contributed by atoms with Gasteiger partial charge >= 0.3 is 6.18 Å². The van der Waals surface area contributed by atoms with E-state index in [-0.39, 0.29) is 22.8 Å². The zero-order chi connectivity index (χ0) is 24.6. The van der Waals surface area contributed by atoms with Gasteiger partial charge in [0.15, 0.2) is 12.4 Å². The molecule has 0 saturated carbocycles. The predicted octanol–water partition coefficient (Wildman–Crippen LogP) is 2.83. The Kier molecular flexibility index (Phi) is 6.33. The number of guanidine groups is 1. The number of aliphatic imine (C=N–C) groups is 1. The molecule has 2 aromatic rings. The minimum Gasteiger partial charge on any atom is -0.467 e. The van der Waals surface area contributed by atoms with E-state index in [0.29, 0.717) is 0 Å². The molecule has 8 nitrogen and oxygen atoms in total. The van der Waals surface area contributed by atoms with Crippen molar-refractivity contribution in [3.05, 3.63) is 53.2 Å². The van der Waals surface area contributed by atoms with Gasteiger partial charge in [0.2, 0.25) is 21.9 Å². The number of hydrogen-bond donors (Lipinski definition) is 1. The third-order valence-electron chi connectivity index (χ3n) is 4.69. The third kappa shape index (κ3) is 5.56. The van der Waals surface area contributed by atoms with Crippen LogP contribution in [0.5, 0.6) is 5.88 Å². The largest absolute Gasteiger partial charge is 0.467 e. The molecule has 1 aromatic carbocycles. The first kappa shape index (κ1) is 24.4. The highest BCUT2D eigenvalue weighted by atomic mass is 32.2. The Bertz CT molecular complexity index is 1220. The van der Waals surface area contributed by atoms with Crippen LogP contribution in [-0.4, -0.2) is 54.2 Å². The minimum atomic E-state index is -4.57. The predicted molar refractivity (Wildman–Crippen MR) is 109 cm³/mol. The average Bonchev–Trinajstić information content (AvgIpc) is 2.71. The van der Waals surface area contributed by atoms with E-state index in [2.05, 4.69) is 19.7 Å². The number of nitrogens with zero attached hydrogens (tertiary/aromatic N) is 4. The van der Waals surface area contributed by atoms with Crippen molar-refractivity contribution in [2.24, 2.45) is 10.7 Å². The Morgan fingerprint density at radius 3 is 2.58 bits per heavy atom. The SMILES string of the molecule is CN1C(N)=N[C@](C)(c2cc(/C=C(\F)c3cnc(OCC(F)(F)F)cn3)ccc2F)CS1(=O)=O. The van der Waals surface area contributed by atoms with Crippen LogP contribution in [0.3, 0.4) is 0 Å². The zero-order valence-electron chi connectivity index (χ0n) is 17.3. The van der Waals surface area contributed by atoms with Crippen LogP contribution in [0.4, 0.5) is 22.0 Å². The number of ether oxygens (including phenoxy) is 1. The topological polar surface area (TPSA) is 111 Å². The number of halogens is 5. The second-order valence-corrected chi connectivity index (χ2v) is 9.34. The summed E-state index contributed by atoms with van der Waals surface area (Å²) >= 11 is 0.